The van der Waals surface area contributed by atoms with Gasteiger partial charge in [0.25, 0.3) is 0 Å². The van der Waals surface area contributed by atoms with Gasteiger partial charge in [0, 0.05) is 23.9 Å². The highest BCUT2D eigenvalue weighted by Gasteiger charge is 2.39. The Kier molecular flexibility index (Phi) is 4.79. The maximum atomic E-state index is 6.13. The average molecular weight is 256 g/mol. The lowest BCUT2D eigenvalue weighted by Gasteiger charge is -2.49. The van der Waals surface area contributed by atoms with Crippen molar-refractivity contribution in [3.63, 3.8) is 0 Å². The van der Waals surface area contributed by atoms with Gasteiger partial charge >= 0.3 is 0 Å². The van der Waals surface area contributed by atoms with E-state index in [-0.39, 0.29) is 0 Å². The van der Waals surface area contributed by atoms with Crippen LogP contribution in [0, 0.1) is 5.92 Å². The van der Waals surface area contributed by atoms with E-state index in [1.807, 2.05) is 0 Å². The van der Waals surface area contributed by atoms with E-state index in [4.69, 9.17) is 5.73 Å². The maximum Gasteiger partial charge on any atom is 0.0422 e. The molecule has 2 nitrogen and oxygen atoms in total. The standard InChI is InChI=1S/C14H28N2S/c1-12-5-3-6-13(9-12)16(2)14(10-15)7-4-8-17-11-14/h12-13H,3-11,15H2,1-2H3. The maximum absolute atomic E-state index is 6.13. The summed E-state index contributed by atoms with van der Waals surface area (Å²) in [4.78, 5) is 2.66. The Labute approximate surface area is 111 Å². The molecule has 100 valence electrons. The molecule has 0 bridgehead atoms. The van der Waals surface area contributed by atoms with Crippen LogP contribution in [0.2, 0.25) is 0 Å². The van der Waals surface area contributed by atoms with Crippen LogP contribution in [0.25, 0.3) is 0 Å². The summed E-state index contributed by atoms with van der Waals surface area (Å²) in [6.45, 7) is 3.24. The molecule has 1 aliphatic carbocycles. The van der Waals surface area contributed by atoms with Gasteiger partial charge in [-0.1, -0.05) is 19.8 Å². The topological polar surface area (TPSA) is 29.3 Å². The number of rotatable bonds is 3. The molecule has 1 aliphatic heterocycles. The molecule has 3 atom stereocenters. The number of hydrogen-bond donors (Lipinski definition) is 1. The second kappa shape index (κ2) is 5.94. The molecule has 0 radical (unpaired) electrons. The Morgan fingerprint density at radius 3 is 2.76 bits per heavy atom. The molecule has 3 unspecified atom stereocenters. The highest BCUT2D eigenvalue weighted by atomic mass is 32.2. The van der Waals surface area contributed by atoms with E-state index >= 15 is 0 Å². The summed E-state index contributed by atoms with van der Waals surface area (Å²) < 4.78 is 0. The fraction of sp³-hybridized carbons (Fsp3) is 1.00. The minimum absolute atomic E-state index is 0.296. The highest BCUT2D eigenvalue weighted by molar-refractivity contribution is 7.99. The SMILES string of the molecule is CC1CCCC(N(C)C2(CN)CCCSC2)C1. The van der Waals surface area contributed by atoms with Crippen molar-refractivity contribution in [3.05, 3.63) is 0 Å². The van der Waals surface area contributed by atoms with Crippen LogP contribution < -0.4 is 5.73 Å². The van der Waals surface area contributed by atoms with E-state index in [0.29, 0.717) is 5.54 Å². The number of nitrogens with zero attached hydrogens (tertiary/aromatic N) is 1. The van der Waals surface area contributed by atoms with Gasteiger partial charge in [-0.05, 0) is 44.4 Å². The van der Waals surface area contributed by atoms with Gasteiger partial charge in [0.1, 0.15) is 0 Å². The first-order valence-electron chi connectivity index (χ1n) is 7.19. The first-order chi connectivity index (χ1) is 8.18. The molecule has 0 aromatic heterocycles. The quantitative estimate of drug-likeness (QED) is 0.842. The van der Waals surface area contributed by atoms with E-state index in [0.717, 1.165) is 18.5 Å². The van der Waals surface area contributed by atoms with E-state index in [2.05, 4.69) is 30.6 Å². The fourth-order valence-electron chi connectivity index (χ4n) is 3.56. The largest absolute Gasteiger partial charge is 0.329 e. The first-order valence-corrected chi connectivity index (χ1v) is 8.34. The van der Waals surface area contributed by atoms with Crippen molar-refractivity contribution in [2.45, 2.75) is 57.0 Å². The van der Waals surface area contributed by atoms with Gasteiger partial charge in [0.2, 0.25) is 0 Å². The summed E-state index contributed by atoms with van der Waals surface area (Å²) in [5.74, 6) is 3.48. The zero-order chi connectivity index (χ0) is 12.3. The van der Waals surface area contributed by atoms with Crippen LogP contribution in [-0.4, -0.2) is 41.6 Å². The van der Waals surface area contributed by atoms with Gasteiger partial charge in [0.05, 0.1) is 0 Å². The minimum Gasteiger partial charge on any atom is -0.329 e. The third-order valence-corrected chi connectivity index (χ3v) is 6.20. The number of likely N-dealkylation sites (N-methyl/N-ethyl adjacent to an activating group) is 1. The second-order valence-corrected chi connectivity index (χ2v) is 7.23. The number of thioether (sulfide) groups is 1. The van der Waals surface area contributed by atoms with E-state index in [1.165, 1.54) is 50.0 Å². The zero-order valence-corrected chi connectivity index (χ0v) is 12.3. The van der Waals surface area contributed by atoms with Crippen LogP contribution in [0.3, 0.4) is 0 Å². The minimum atomic E-state index is 0.296. The van der Waals surface area contributed by atoms with Crippen molar-refractivity contribution < 1.29 is 0 Å². The summed E-state index contributed by atoms with van der Waals surface area (Å²) >= 11 is 2.10. The Hall–Kier alpha value is 0.270. The third kappa shape index (κ3) is 2.99. The molecule has 2 rings (SSSR count). The molecule has 2 fully saturated rings. The van der Waals surface area contributed by atoms with Crippen molar-refractivity contribution in [3.8, 4) is 0 Å². The Balaban J connectivity index is 2.02. The van der Waals surface area contributed by atoms with Crippen molar-refractivity contribution in [1.82, 2.24) is 4.90 Å². The monoisotopic (exact) mass is 256 g/mol. The molecule has 1 saturated carbocycles. The van der Waals surface area contributed by atoms with Gasteiger partial charge in [0.15, 0.2) is 0 Å². The third-order valence-electron chi connectivity index (χ3n) is 4.89. The van der Waals surface area contributed by atoms with Crippen molar-refractivity contribution >= 4 is 11.8 Å². The normalized spacial score (nSPS) is 39.5. The molecule has 1 heterocycles. The van der Waals surface area contributed by atoms with Crippen LogP contribution >= 0.6 is 11.8 Å². The molecular formula is C14H28N2S. The van der Waals surface area contributed by atoms with Crippen LogP contribution in [-0.2, 0) is 0 Å². The Morgan fingerprint density at radius 2 is 2.18 bits per heavy atom. The van der Waals surface area contributed by atoms with Crippen LogP contribution in [0.4, 0.5) is 0 Å². The molecule has 1 saturated heterocycles. The fourth-order valence-corrected chi connectivity index (χ4v) is 4.90. The molecule has 2 N–H and O–H groups in total. The summed E-state index contributed by atoms with van der Waals surface area (Å²) in [7, 11) is 2.33. The summed E-state index contributed by atoms with van der Waals surface area (Å²) in [5, 5.41) is 0. The molecule has 17 heavy (non-hydrogen) atoms. The summed E-state index contributed by atoms with van der Waals surface area (Å²) in [6, 6.07) is 0.779. The van der Waals surface area contributed by atoms with Gasteiger partial charge in [-0.3, -0.25) is 4.90 Å². The first kappa shape index (κ1) is 13.7. The zero-order valence-electron chi connectivity index (χ0n) is 11.5. The van der Waals surface area contributed by atoms with Crippen molar-refractivity contribution in [2.24, 2.45) is 11.7 Å². The summed E-state index contributed by atoms with van der Waals surface area (Å²) in [5.41, 5.74) is 6.42. The number of hydrogen-bond acceptors (Lipinski definition) is 3. The smallest absolute Gasteiger partial charge is 0.0422 e. The van der Waals surface area contributed by atoms with E-state index in [1.54, 1.807) is 0 Å². The predicted molar refractivity (Wildman–Crippen MR) is 77.5 cm³/mol. The average Bonchev–Trinajstić information content (AvgIpc) is 2.38. The van der Waals surface area contributed by atoms with Gasteiger partial charge < -0.3 is 5.73 Å². The lowest BCUT2D eigenvalue weighted by atomic mass is 9.83. The second-order valence-electron chi connectivity index (χ2n) is 6.12. The van der Waals surface area contributed by atoms with Crippen molar-refractivity contribution in [1.29, 1.82) is 0 Å². The van der Waals surface area contributed by atoms with Crippen LogP contribution in [0.1, 0.15) is 45.4 Å². The number of nitrogens with two attached hydrogens (primary N) is 1. The van der Waals surface area contributed by atoms with Crippen LogP contribution in [0.5, 0.6) is 0 Å². The molecule has 2 aliphatic rings. The molecule has 0 aromatic rings. The van der Waals surface area contributed by atoms with Gasteiger partial charge in [-0.2, -0.15) is 11.8 Å². The van der Waals surface area contributed by atoms with Gasteiger partial charge in [-0.25, -0.2) is 0 Å². The highest BCUT2D eigenvalue weighted by Crippen LogP contribution is 2.36. The molecule has 0 aromatic carbocycles. The van der Waals surface area contributed by atoms with E-state index < -0.39 is 0 Å². The molecule has 0 spiro atoms. The summed E-state index contributed by atoms with van der Waals surface area (Å²) in [6.07, 6.45) is 8.24. The van der Waals surface area contributed by atoms with Crippen LogP contribution in [0.15, 0.2) is 0 Å². The lowest BCUT2D eigenvalue weighted by Crippen LogP contribution is -2.59. The van der Waals surface area contributed by atoms with Gasteiger partial charge in [-0.15, -0.1) is 0 Å². The Morgan fingerprint density at radius 1 is 1.35 bits per heavy atom. The predicted octanol–water partition coefficient (Wildman–Crippen LogP) is 2.72. The van der Waals surface area contributed by atoms with Crippen molar-refractivity contribution in [2.75, 3.05) is 25.1 Å². The van der Waals surface area contributed by atoms with E-state index in [9.17, 15) is 0 Å². The molecular weight excluding hydrogens is 228 g/mol. The lowest BCUT2D eigenvalue weighted by molar-refractivity contribution is 0.0540. The molecule has 0 amide bonds. The molecule has 3 heteroatoms. The Bertz CT molecular complexity index is 238.